The standard InChI is InChI=1S/C10H12N4OS/c11-14-13-8-10(15)12-6-7-16-9-4-2-1-3-5-9/h1-5H,6-8H2,(H,12,15). The van der Waals surface area contributed by atoms with Gasteiger partial charge in [0.05, 0.1) is 0 Å². The Hall–Kier alpha value is -1.65. The quantitative estimate of drug-likeness (QED) is 0.270. The molecule has 1 rings (SSSR count). The van der Waals surface area contributed by atoms with Crippen molar-refractivity contribution >= 4 is 17.7 Å². The fraction of sp³-hybridized carbons (Fsp3) is 0.300. The molecule has 16 heavy (non-hydrogen) atoms. The molecule has 0 bridgehead atoms. The van der Waals surface area contributed by atoms with Crippen molar-refractivity contribution in [2.75, 3.05) is 18.8 Å². The van der Waals surface area contributed by atoms with Gasteiger partial charge in [0.1, 0.15) is 6.54 Å². The second-order valence-electron chi connectivity index (χ2n) is 2.90. The number of amides is 1. The molecule has 6 heteroatoms. The minimum atomic E-state index is -0.244. The first-order valence-electron chi connectivity index (χ1n) is 4.78. The Morgan fingerprint density at radius 3 is 2.88 bits per heavy atom. The highest BCUT2D eigenvalue weighted by atomic mass is 32.2. The smallest absolute Gasteiger partial charge is 0.225 e. The number of hydrogen-bond acceptors (Lipinski definition) is 3. The van der Waals surface area contributed by atoms with Gasteiger partial charge in [0, 0.05) is 22.1 Å². The fourth-order valence-electron chi connectivity index (χ4n) is 1.03. The van der Waals surface area contributed by atoms with Crippen molar-refractivity contribution < 1.29 is 4.79 Å². The Morgan fingerprint density at radius 2 is 2.19 bits per heavy atom. The van der Waals surface area contributed by atoms with Gasteiger partial charge >= 0.3 is 0 Å². The zero-order chi connectivity index (χ0) is 11.6. The summed E-state index contributed by atoms with van der Waals surface area (Å²) in [6, 6.07) is 9.95. The molecule has 0 heterocycles. The van der Waals surface area contributed by atoms with Crippen LogP contribution in [0, 0.1) is 0 Å². The molecule has 0 aliphatic heterocycles. The zero-order valence-corrected chi connectivity index (χ0v) is 9.48. The normalized spacial score (nSPS) is 9.25. The van der Waals surface area contributed by atoms with Crippen LogP contribution < -0.4 is 5.32 Å². The van der Waals surface area contributed by atoms with E-state index in [0.717, 1.165) is 5.75 Å². The summed E-state index contributed by atoms with van der Waals surface area (Å²) < 4.78 is 0. The molecule has 0 spiro atoms. The molecule has 0 aliphatic carbocycles. The van der Waals surface area contributed by atoms with Crippen LogP contribution >= 0.6 is 11.8 Å². The van der Waals surface area contributed by atoms with Gasteiger partial charge in [0.2, 0.25) is 5.91 Å². The molecule has 1 aromatic rings. The number of rotatable bonds is 6. The molecule has 5 nitrogen and oxygen atoms in total. The van der Waals surface area contributed by atoms with Crippen LogP contribution in [0.5, 0.6) is 0 Å². The maximum absolute atomic E-state index is 11.0. The van der Waals surface area contributed by atoms with Crippen molar-refractivity contribution in [1.82, 2.24) is 5.32 Å². The Morgan fingerprint density at radius 1 is 1.44 bits per heavy atom. The predicted molar refractivity (Wildman–Crippen MR) is 64.2 cm³/mol. The van der Waals surface area contributed by atoms with Crippen molar-refractivity contribution in [2.24, 2.45) is 5.11 Å². The minimum absolute atomic E-state index is 0.132. The number of hydrogen-bond donors (Lipinski definition) is 1. The molecule has 0 fully saturated rings. The highest BCUT2D eigenvalue weighted by Crippen LogP contribution is 2.15. The zero-order valence-electron chi connectivity index (χ0n) is 8.67. The molecular weight excluding hydrogens is 224 g/mol. The first-order valence-corrected chi connectivity index (χ1v) is 5.77. The fourth-order valence-corrected chi connectivity index (χ4v) is 1.82. The molecule has 0 atom stereocenters. The van der Waals surface area contributed by atoms with E-state index >= 15 is 0 Å². The van der Waals surface area contributed by atoms with Crippen LogP contribution in [0.3, 0.4) is 0 Å². The second-order valence-corrected chi connectivity index (χ2v) is 4.07. The number of nitrogens with zero attached hydrogens (tertiary/aromatic N) is 3. The van der Waals surface area contributed by atoms with Gasteiger partial charge in [-0.05, 0) is 17.7 Å². The van der Waals surface area contributed by atoms with E-state index in [4.69, 9.17) is 5.53 Å². The van der Waals surface area contributed by atoms with E-state index in [0.29, 0.717) is 6.54 Å². The van der Waals surface area contributed by atoms with E-state index in [2.05, 4.69) is 15.3 Å². The van der Waals surface area contributed by atoms with Crippen LogP contribution in [0.1, 0.15) is 0 Å². The summed E-state index contributed by atoms with van der Waals surface area (Å²) in [6.07, 6.45) is 0. The van der Waals surface area contributed by atoms with Crippen molar-refractivity contribution in [3.63, 3.8) is 0 Å². The lowest BCUT2D eigenvalue weighted by Gasteiger charge is -2.03. The highest BCUT2D eigenvalue weighted by molar-refractivity contribution is 7.99. The number of benzene rings is 1. The van der Waals surface area contributed by atoms with Gasteiger partial charge in [-0.2, -0.15) is 0 Å². The summed E-state index contributed by atoms with van der Waals surface area (Å²) in [4.78, 5) is 14.7. The lowest BCUT2D eigenvalue weighted by molar-refractivity contribution is -0.119. The third-order valence-corrected chi connectivity index (χ3v) is 2.73. The topological polar surface area (TPSA) is 77.9 Å². The maximum Gasteiger partial charge on any atom is 0.225 e. The number of thioether (sulfide) groups is 1. The first-order chi connectivity index (χ1) is 7.83. The minimum Gasteiger partial charge on any atom is -0.355 e. The van der Waals surface area contributed by atoms with Crippen LogP contribution in [-0.4, -0.2) is 24.7 Å². The van der Waals surface area contributed by atoms with Gasteiger partial charge in [0.25, 0.3) is 0 Å². The Kier molecular flexibility index (Phi) is 5.91. The van der Waals surface area contributed by atoms with E-state index in [1.54, 1.807) is 11.8 Å². The average molecular weight is 236 g/mol. The predicted octanol–water partition coefficient (Wildman–Crippen LogP) is 2.21. The summed E-state index contributed by atoms with van der Waals surface area (Å²) in [5.74, 6) is 0.554. The van der Waals surface area contributed by atoms with Crippen molar-refractivity contribution in [3.05, 3.63) is 40.8 Å². The summed E-state index contributed by atoms with van der Waals surface area (Å²) >= 11 is 1.67. The van der Waals surface area contributed by atoms with Crippen molar-refractivity contribution in [3.8, 4) is 0 Å². The third kappa shape index (κ3) is 5.29. The van der Waals surface area contributed by atoms with Gasteiger partial charge in [-0.3, -0.25) is 4.79 Å². The molecule has 0 radical (unpaired) electrons. The summed E-state index contributed by atoms with van der Waals surface area (Å²) in [5, 5.41) is 5.83. The summed E-state index contributed by atoms with van der Waals surface area (Å²) in [6.45, 7) is 0.436. The Bertz CT molecular complexity index is 376. The Labute approximate surface area is 97.9 Å². The maximum atomic E-state index is 11.0. The summed E-state index contributed by atoms with van der Waals surface area (Å²) in [5.41, 5.74) is 8.01. The van der Waals surface area contributed by atoms with Crippen LogP contribution in [0.25, 0.3) is 10.4 Å². The SMILES string of the molecule is [N-]=[N+]=NCC(=O)NCCSc1ccccc1. The molecule has 0 saturated heterocycles. The molecule has 0 aliphatic rings. The number of carbonyl (C=O) groups is 1. The lowest BCUT2D eigenvalue weighted by Crippen LogP contribution is -2.27. The van der Waals surface area contributed by atoms with Crippen LogP contribution in [0.4, 0.5) is 0 Å². The van der Waals surface area contributed by atoms with Gasteiger partial charge in [0.15, 0.2) is 0 Å². The average Bonchev–Trinajstić information content (AvgIpc) is 2.33. The van der Waals surface area contributed by atoms with E-state index in [1.165, 1.54) is 4.90 Å². The lowest BCUT2D eigenvalue weighted by atomic mass is 10.4. The van der Waals surface area contributed by atoms with Gasteiger partial charge in [-0.25, -0.2) is 0 Å². The van der Waals surface area contributed by atoms with Crippen LogP contribution in [0.2, 0.25) is 0 Å². The molecule has 1 aromatic carbocycles. The van der Waals surface area contributed by atoms with Gasteiger partial charge in [-0.15, -0.1) is 11.8 Å². The second kappa shape index (κ2) is 7.62. The summed E-state index contributed by atoms with van der Waals surface area (Å²) in [7, 11) is 0. The van der Waals surface area contributed by atoms with Gasteiger partial charge in [-0.1, -0.05) is 23.3 Å². The Balaban J connectivity index is 2.12. The molecule has 0 saturated carbocycles. The van der Waals surface area contributed by atoms with Crippen LogP contribution in [-0.2, 0) is 4.79 Å². The molecule has 0 unspecified atom stereocenters. The number of azide groups is 1. The number of nitrogens with one attached hydrogen (secondary N) is 1. The molecule has 1 amide bonds. The number of carbonyl (C=O) groups excluding carboxylic acids is 1. The molecule has 1 N–H and O–H groups in total. The molecule has 0 aromatic heterocycles. The van der Waals surface area contributed by atoms with Crippen molar-refractivity contribution in [2.45, 2.75) is 4.90 Å². The van der Waals surface area contributed by atoms with E-state index < -0.39 is 0 Å². The molecular formula is C10H12N4OS. The largest absolute Gasteiger partial charge is 0.355 e. The van der Waals surface area contributed by atoms with Crippen LogP contribution in [0.15, 0.2) is 40.3 Å². The third-order valence-electron chi connectivity index (χ3n) is 1.71. The first kappa shape index (κ1) is 12.4. The monoisotopic (exact) mass is 236 g/mol. The highest BCUT2D eigenvalue weighted by Gasteiger charge is 1.97. The molecule has 84 valence electrons. The van der Waals surface area contributed by atoms with Gasteiger partial charge < -0.3 is 5.32 Å². The van der Waals surface area contributed by atoms with E-state index in [9.17, 15) is 4.79 Å². The van der Waals surface area contributed by atoms with E-state index in [-0.39, 0.29) is 12.5 Å². The van der Waals surface area contributed by atoms with Crippen molar-refractivity contribution in [1.29, 1.82) is 0 Å². The van der Waals surface area contributed by atoms with E-state index in [1.807, 2.05) is 30.3 Å².